The van der Waals surface area contributed by atoms with E-state index in [9.17, 15) is 18.4 Å². The van der Waals surface area contributed by atoms with Gasteiger partial charge in [0.25, 0.3) is 6.43 Å². The smallest absolute Gasteiger partial charge is 0.318 e. The number of halogens is 2. The zero-order valence-corrected chi connectivity index (χ0v) is 9.07. The van der Waals surface area contributed by atoms with Gasteiger partial charge in [-0.1, -0.05) is 0 Å². The predicted octanol–water partition coefficient (Wildman–Crippen LogP) is 0.137. The number of alkyl halides is 2. The van der Waals surface area contributed by atoms with Gasteiger partial charge in [0.1, 0.15) is 0 Å². The standard InChI is InChI=1S/C9H14F2N2O4/c10-7(11)4-12-9(16)13-1-2-17-5-6(13)3-8(14)15/h6-7H,1-5H2,(H,12,16)(H,14,15). The number of carboxylic acid groups (broad SMARTS) is 1. The molecule has 8 heteroatoms. The third-order valence-electron chi connectivity index (χ3n) is 2.31. The topological polar surface area (TPSA) is 78.9 Å². The van der Waals surface area contributed by atoms with Crippen LogP contribution in [-0.2, 0) is 9.53 Å². The number of ether oxygens (including phenoxy) is 1. The highest BCUT2D eigenvalue weighted by atomic mass is 19.3. The quantitative estimate of drug-likeness (QED) is 0.745. The van der Waals surface area contributed by atoms with Gasteiger partial charge in [0.2, 0.25) is 0 Å². The van der Waals surface area contributed by atoms with Crippen molar-refractivity contribution in [2.24, 2.45) is 0 Å². The molecule has 1 saturated heterocycles. The number of carbonyl (C=O) groups excluding carboxylic acids is 1. The van der Waals surface area contributed by atoms with Crippen LogP contribution < -0.4 is 5.32 Å². The number of carboxylic acids is 1. The second-order valence-corrected chi connectivity index (χ2v) is 3.60. The summed E-state index contributed by atoms with van der Waals surface area (Å²) >= 11 is 0. The summed E-state index contributed by atoms with van der Waals surface area (Å²) in [6.45, 7) is -0.157. The molecule has 0 radical (unpaired) electrons. The average molecular weight is 252 g/mol. The van der Waals surface area contributed by atoms with Gasteiger partial charge in [0, 0.05) is 6.54 Å². The molecule has 6 nitrogen and oxygen atoms in total. The molecule has 1 unspecified atom stereocenters. The first-order chi connectivity index (χ1) is 8.00. The first-order valence-electron chi connectivity index (χ1n) is 5.13. The lowest BCUT2D eigenvalue weighted by molar-refractivity contribution is -0.139. The van der Waals surface area contributed by atoms with Crippen molar-refractivity contribution in [1.29, 1.82) is 0 Å². The van der Waals surface area contributed by atoms with Gasteiger partial charge in [-0.15, -0.1) is 0 Å². The molecule has 0 aromatic carbocycles. The summed E-state index contributed by atoms with van der Waals surface area (Å²) in [4.78, 5) is 23.3. The van der Waals surface area contributed by atoms with Crippen LogP contribution in [0.5, 0.6) is 0 Å². The van der Waals surface area contributed by atoms with E-state index in [1.54, 1.807) is 0 Å². The van der Waals surface area contributed by atoms with Crippen LogP contribution >= 0.6 is 0 Å². The number of rotatable bonds is 4. The van der Waals surface area contributed by atoms with Crippen molar-refractivity contribution in [2.75, 3.05) is 26.3 Å². The van der Waals surface area contributed by atoms with Crippen molar-refractivity contribution in [2.45, 2.75) is 18.9 Å². The molecule has 2 N–H and O–H groups in total. The number of hydrogen-bond acceptors (Lipinski definition) is 3. The molecule has 0 aromatic rings. The van der Waals surface area contributed by atoms with Crippen LogP contribution in [0.25, 0.3) is 0 Å². The fourth-order valence-corrected chi connectivity index (χ4v) is 1.56. The van der Waals surface area contributed by atoms with Crippen LogP contribution in [0.1, 0.15) is 6.42 Å². The Morgan fingerprint density at radius 2 is 2.24 bits per heavy atom. The summed E-state index contributed by atoms with van der Waals surface area (Å²) in [6.07, 6.45) is -2.89. The van der Waals surface area contributed by atoms with Gasteiger partial charge >= 0.3 is 12.0 Å². The maximum absolute atomic E-state index is 11.9. The van der Waals surface area contributed by atoms with Gasteiger partial charge in [0.05, 0.1) is 32.2 Å². The van der Waals surface area contributed by atoms with E-state index in [0.29, 0.717) is 0 Å². The number of amides is 2. The largest absolute Gasteiger partial charge is 0.481 e. The molecule has 1 aliphatic heterocycles. The second-order valence-electron chi connectivity index (χ2n) is 3.60. The van der Waals surface area contributed by atoms with Crippen LogP contribution in [0.2, 0.25) is 0 Å². The molecule has 0 bridgehead atoms. The lowest BCUT2D eigenvalue weighted by Crippen LogP contribution is -2.53. The lowest BCUT2D eigenvalue weighted by Gasteiger charge is -2.34. The van der Waals surface area contributed by atoms with Gasteiger partial charge in [-0.05, 0) is 0 Å². The Labute approximate surface area is 96.5 Å². The van der Waals surface area contributed by atoms with Crippen molar-refractivity contribution in [1.82, 2.24) is 10.2 Å². The highest BCUT2D eigenvalue weighted by Crippen LogP contribution is 2.10. The number of morpholine rings is 1. The van der Waals surface area contributed by atoms with Crippen LogP contribution in [0.3, 0.4) is 0 Å². The van der Waals surface area contributed by atoms with Crippen molar-refractivity contribution >= 4 is 12.0 Å². The summed E-state index contributed by atoms with van der Waals surface area (Å²) in [6, 6.07) is -1.29. The maximum Gasteiger partial charge on any atom is 0.318 e. The first-order valence-corrected chi connectivity index (χ1v) is 5.13. The van der Waals surface area contributed by atoms with Crippen LogP contribution in [0.15, 0.2) is 0 Å². The van der Waals surface area contributed by atoms with Crippen molar-refractivity contribution in [3.8, 4) is 0 Å². The number of nitrogens with zero attached hydrogens (tertiary/aromatic N) is 1. The van der Waals surface area contributed by atoms with E-state index in [0.717, 1.165) is 0 Å². The third kappa shape index (κ3) is 4.51. The molecular formula is C9H14F2N2O4. The van der Waals surface area contributed by atoms with Gasteiger partial charge in [-0.2, -0.15) is 0 Å². The molecule has 1 fully saturated rings. The van der Waals surface area contributed by atoms with E-state index in [1.807, 2.05) is 5.32 Å². The molecule has 1 atom stereocenters. The fourth-order valence-electron chi connectivity index (χ4n) is 1.56. The lowest BCUT2D eigenvalue weighted by atomic mass is 10.1. The Morgan fingerprint density at radius 3 is 2.82 bits per heavy atom. The number of urea groups is 1. The minimum absolute atomic E-state index is 0.106. The van der Waals surface area contributed by atoms with Crippen LogP contribution in [-0.4, -0.2) is 60.8 Å². The minimum Gasteiger partial charge on any atom is -0.481 e. The Kier molecular flexibility index (Phi) is 5.08. The van der Waals surface area contributed by atoms with Crippen molar-refractivity contribution in [3.63, 3.8) is 0 Å². The summed E-state index contributed by atoms with van der Waals surface area (Å²) in [7, 11) is 0. The molecule has 1 aliphatic rings. The fraction of sp³-hybridized carbons (Fsp3) is 0.778. The molecule has 0 spiro atoms. The SMILES string of the molecule is O=C(O)CC1COCCN1C(=O)NCC(F)F. The molecule has 2 amide bonds. The normalized spacial score (nSPS) is 20.4. The van der Waals surface area contributed by atoms with Gasteiger partial charge in [-0.3, -0.25) is 4.79 Å². The van der Waals surface area contributed by atoms with Gasteiger partial charge in [0.15, 0.2) is 0 Å². The van der Waals surface area contributed by atoms with Crippen molar-refractivity contribution in [3.05, 3.63) is 0 Å². The summed E-state index contributed by atoms with van der Waals surface area (Å²) in [5, 5.41) is 10.7. The van der Waals surface area contributed by atoms with E-state index in [4.69, 9.17) is 9.84 Å². The molecular weight excluding hydrogens is 238 g/mol. The van der Waals surface area contributed by atoms with Crippen LogP contribution in [0, 0.1) is 0 Å². The van der Waals surface area contributed by atoms with E-state index >= 15 is 0 Å². The number of hydrogen-bond donors (Lipinski definition) is 2. The molecule has 1 rings (SSSR count). The Balaban J connectivity index is 2.51. The average Bonchev–Trinajstić information content (AvgIpc) is 2.25. The van der Waals surface area contributed by atoms with E-state index in [-0.39, 0.29) is 26.2 Å². The minimum atomic E-state index is -2.63. The molecule has 98 valence electrons. The van der Waals surface area contributed by atoms with Crippen LogP contribution in [0.4, 0.5) is 13.6 Å². The molecule has 17 heavy (non-hydrogen) atoms. The Morgan fingerprint density at radius 1 is 1.53 bits per heavy atom. The maximum atomic E-state index is 11.9. The number of aliphatic carboxylic acids is 1. The highest BCUT2D eigenvalue weighted by molar-refractivity contribution is 5.76. The van der Waals surface area contributed by atoms with E-state index in [1.165, 1.54) is 4.90 Å². The van der Waals surface area contributed by atoms with E-state index in [2.05, 4.69) is 0 Å². The third-order valence-corrected chi connectivity index (χ3v) is 2.31. The Hall–Kier alpha value is -1.44. The Bertz CT molecular complexity index is 288. The zero-order valence-electron chi connectivity index (χ0n) is 9.07. The number of carbonyl (C=O) groups is 2. The predicted molar refractivity (Wildman–Crippen MR) is 53.0 cm³/mol. The number of nitrogens with one attached hydrogen (secondary N) is 1. The highest BCUT2D eigenvalue weighted by Gasteiger charge is 2.29. The molecule has 0 aromatic heterocycles. The summed E-state index contributed by atoms with van der Waals surface area (Å²) in [5.41, 5.74) is 0. The summed E-state index contributed by atoms with van der Waals surface area (Å²) < 4.78 is 28.9. The summed E-state index contributed by atoms with van der Waals surface area (Å²) in [5.74, 6) is -1.06. The first kappa shape index (κ1) is 13.6. The zero-order chi connectivity index (χ0) is 12.8. The molecule has 1 heterocycles. The van der Waals surface area contributed by atoms with E-state index < -0.39 is 31.0 Å². The van der Waals surface area contributed by atoms with Gasteiger partial charge in [-0.25, -0.2) is 13.6 Å². The second kappa shape index (κ2) is 6.33. The monoisotopic (exact) mass is 252 g/mol. The molecule has 0 saturated carbocycles. The van der Waals surface area contributed by atoms with Gasteiger partial charge < -0.3 is 20.1 Å². The molecule has 0 aliphatic carbocycles. The van der Waals surface area contributed by atoms with Crippen molar-refractivity contribution < 1.29 is 28.2 Å².